The normalized spacial score (nSPS) is 10.4. The molecular weight excluding hydrogens is 332 g/mol. The molecule has 0 atom stereocenters. The average Bonchev–Trinajstić information content (AvgIpc) is 2.64. The zero-order valence-electron chi connectivity index (χ0n) is 14.9. The van der Waals surface area contributed by atoms with Crippen LogP contribution >= 0.6 is 0 Å². The van der Waals surface area contributed by atoms with Gasteiger partial charge in [0.05, 0.1) is 12.5 Å². The van der Waals surface area contributed by atoms with Crippen molar-refractivity contribution < 1.29 is 18.6 Å². The van der Waals surface area contributed by atoms with Crippen molar-refractivity contribution in [1.29, 1.82) is 0 Å². The van der Waals surface area contributed by atoms with Crippen LogP contribution in [-0.2, 0) is 0 Å². The van der Waals surface area contributed by atoms with Crippen LogP contribution in [0.3, 0.4) is 0 Å². The van der Waals surface area contributed by atoms with Crippen molar-refractivity contribution >= 4 is 11.0 Å². The molecule has 0 saturated carbocycles. The fourth-order valence-electron chi connectivity index (χ4n) is 2.33. The van der Waals surface area contributed by atoms with Crippen LogP contribution in [0, 0.1) is 0 Å². The van der Waals surface area contributed by atoms with Gasteiger partial charge in [0.2, 0.25) is 11.2 Å². The SMILES string of the molecule is COc1ccc(Oc2coc3cc(OCC=C(C)C)ccc3c2=O)cc1. The zero-order valence-corrected chi connectivity index (χ0v) is 14.9. The average molecular weight is 352 g/mol. The molecule has 5 nitrogen and oxygen atoms in total. The van der Waals surface area contributed by atoms with E-state index in [1.54, 1.807) is 49.6 Å². The molecule has 0 radical (unpaired) electrons. The van der Waals surface area contributed by atoms with Gasteiger partial charge in [-0.3, -0.25) is 4.79 Å². The number of hydrogen-bond acceptors (Lipinski definition) is 5. The van der Waals surface area contributed by atoms with Crippen molar-refractivity contribution in [3.05, 3.63) is 70.6 Å². The third-order valence-corrected chi connectivity index (χ3v) is 3.74. The van der Waals surface area contributed by atoms with E-state index in [1.165, 1.54) is 11.8 Å². The predicted octanol–water partition coefficient (Wildman–Crippen LogP) is 4.94. The molecule has 26 heavy (non-hydrogen) atoms. The first-order chi connectivity index (χ1) is 12.6. The minimum atomic E-state index is -0.238. The maximum atomic E-state index is 12.6. The number of methoxy groups -OCH3 is 1. The van der Waals surface area contributed by atoms with Gasteiger partial charge < -0.3 is 18.6 Å². The molecule has 134 valence electrons. The molecule has 0 aliphatic heterocycles. The summed E-state index contributed by atoms with van der Waals surface area (Å²) in [5.74, 6) is 2.01. The van der Waals surface area contributed by atoms with Crippen molar-refractivity contribution in [3.63, 3.8) is 0 Å². The number of hydrogen-bond donors (Lipinski definition) is 0. The first-order valence-electron chi connectivity index (χ1n) is 8.20. The number of rotatable bonds is 6. The highest BCUT2D eigenvalue weighted by molar-refractivity contribution is 5.79. The summed E-state index contributed by atoms with van der Waals surface area (Å²) in [5, 5.41) is 0.436. The van der Waals surface area contributed by atoms with E-state index in [-0.39, 0.29) is 11.2 Å². The van der Waals surface area contributed by atoms with Gasteiger partial charge in [0, 0.05) is 6.07 Å². The van der Waals surface area contributed by atoms with Crippen molar-refractivity contribution in [3.8, 4) is 23.0 Å². The number of fused-ring (bicyclic) bond motifs is 1. The van der Waals surface area contributed by atoms with E-state index in [9.17, 15) is 4.79 Å². The Morgan fingerprint density at radius 3 is 2.42 bits per heavy atom. The molecule has 0 fully saturated rings. The first-order valence-corrected chi connectivity index (χ1v) is 8.20. The second-order valence-electron chi connectivity index (χ2n) is 5.96. The molecule has 0 N–H and O–H groups in total. The van der Waals surface area contributed by atoms with Crippen LogP contribution < -0.4 is 19.6 Å². The summed E-state index contributed by atoms with van der Waals surface area (Å²) in [6.45, 7) is 4.48. The van der Waals surface area contributed by atoms with Gasteiger partial charge in [-0.1, -0.05) is 5.57 Å². The molecule has 1 aromatic heterocycles. The summed E-state index contributed by atoms with van der Waals surface area (Å²) in [7, 11) is 1.59. The topological polar surface area (TPSA) is 57.9 Å². The zero-order chi connectivity index (χ0) is 18.5. The summed E-state index contributed by atoms with van der Waals surface area (Å²) in [5.41, 5.74) is 1.39. The van der Waals surface area contributed by atoms with Gasteiger partial charge in [-0.05, 0) is 56.3 Å². The third-order valence-electron chi connectivity index (χ3n) is 3.74. The van der Waals surface area contributed by atoms with Crippen LogP contribution in [0.25, 0.3) is 11.0 Å². The molecule has 0 aliphatic carbocycles. The van der Waals surface area contributed by atoms with Crippen molar-refractivity contribution in [2.45, 2.75) is 13.8 Å². The van der Waals surface area contributed by atoms with Gasteiger partial charge in [-0.15, -0.1) is 0 Å². The number of ether oxygens (including phenoxy) is 3. The molecule has 0 amide bonds. The molecule has 2 aromatic carbocycles. The second-order valence-corrected chi connectivity index (χ2v) is 5.96. The van der Waals surface area contributed by atoms with Crippen LogP contribution in [0.4, 0.5) is 0 Å². The van der Waals surface area contributed by atoms with E-state index >= 15 is 0 Å². The van der Waals surface area contributed by atoms with Crippen LogP contribution in [0.5, 0.6) is 23.0 Å². The largest absolute Gasteiger partial charge is 0.497 e. The standard InChI is InChI=1S/C21H20O5/c1-14(2)10-11-24-17-8-9-18-19(12-17)25-13-20(21(18)22)26-16-6-4-15(23-3)5-7-16/h4-10,12-13H,11H2,1-3H3. The number of allylic oxidation sites excluding steroid dienone is 1. The smallest absolute Gasteiger partial charge is 0.235 e. The van der Waals surface area contributed by atoms with Crippen LogP contribution in [0.1, 0.15) is 13.8 Å². The maximum Gasteiger partial charge on any atom is 0.235 e. The summed E-state index contributed by atoms with van der Waals surface area (Å²) in [6, 6.07) is 12.1. The molecule has 0 unspecified atom stereocenters. The van der Waals surface area contributed by atoms with E-state index in [0.29, 0.717) is 34.8 Å². The Morgan fingerprint density at radius 2 is 1.73 bits per heavy atom. The van der Waals surface area contributed by atoms with E-state index in [2.05, 4.69) is 0 Å². The van der Waals surface area contributed by atoms with Crippen LogP contribution in [0.15, 0.2) is 69.6 Å². The minimum absolute atomic E-state index is 0.126. The fourth-order valence-corrected chi connectivity index (χ4v) is 2.33. The summed E-state index contributed by atoms with van der Waals surface area (Å²) >= 11 is 0. The lowest BCUT2D eigenvalue weighted by molar-refractivity contribution is 0.361. The lowest BCUT2D eigenvalue weighted by Gasteiger charge is -2.08. The maximum absolute atomic E-state index is 12.6. The van der Waals surface area contributed by atoms with Gasteiger partial charge in [0.15, 0.2) is 0 Å². The first kappa shape index (κ1) is 17.6. The molecular formula is C21H20O5. The molecule has 0 spiro atoms. The number of benzene rings is 2. The van der Waals surface area contributed by atoms with E-state index < -0.39 is 0 Å². The Hall–Kier alpha value is -3.21. The molecule has 5 heteroatoms. The second kappa shape index (κ2) is 7.78. The van der Waals surface area contributed by atoms with Gasteiger partial charge in [0.1, 0.15) is 35.7 Å². The fraction of sp³-hybridized carbons (Fsp3) is 0.190. The quantitative estimate of drug-likeness (QED) is 0.588. The van der Waals surface area contributed by atoms with Gasteiger partial charge in [-0.2, -0.15) is 0 Å². The van der Waals surface area contributed by atoms with Crippen LogP contribution in [-0.4, -0.2) is 13.7 Å². The van der Waals surface area contributed by atoms with E-state index in [0.717, 1.165) is 0 Å². The monoisotopic (exact) mass is 352 g/mol. The Morgan fingerprint density at radius 1 is 1.04 bits per heavy atom. The Bertz CT molecular complexity index is 979. The van der Waals surface area contributed by atoms with Gasteiger partial charge in [-0.25, -0.2) is 0 Å². The highest BCUT2D eigenvalue weighted by Crippen LogP contribution is 2.25. The third kappa shape index (κ3) is 4.06. The Balaban J connectivity index is 1.83. The van der Waals surface area contributed by atoms with Crippen molar-refractivity contribution in [2.75, 3.05) is 13.7 Å². The highest BCUT2D eigenvalue weighted by Gasteiger charge is 2.10. The molecule has 0 aliphatic rings. The molecule has 3 rings (SSSR count). The lowest BCUT2D eigenvalue weighted by Crippen LogP contribution is -2.05. The summed E-state index contributed by atoms with van der Waals surface area (Å²) in [6.07, 6.45) is 3.29. The lowest BCUT2D eigenvalue weighted by atomic mass is 10.2. The van der Waals surface area contributed by atoms with Gasteiger partial charge >= 0.3 is 0 Å². The van der Waals surface area contributed by atoms with Crippen molar-refractivity contribution in [2.24, 2.45) is 0 Å². The Kier molecular flexibility index (Phi) is 5.27. The molecule has 1 heterocycles. The molecule has 0 saturated heterocycles. The van der Waals surface area contributed by atoms with Gasteiger partial charge in [0.25, 0.3) is 0 Å². The van der Waals surface area contributed by atoms with Crippen LogP contribution in [0.2, 0.25) is 0 Å². The molecule has 0 bridgehead atoms. The highest BCUT2D eigenvalue weighted by atomic mass is 16.5. The van der Waals surface area contributed by atoms with E-state index in [4.69, 9.17) is 18.6 Å². The Labute approximate surface area is 151 Å². The summed E-state index contributed by atoms with van der Waals surface area (Å²) < 4.78 is 21.9. The van der Waals surface area contributed by atoms with E-state index in [1.807, 2.05) is 19.9 Å². The predicted molar refractivity (Wildman–Crippen MR) is 100 cm³/mol. The molecule has 3 aromatic rings. The van der Waals surface area contributed by atoms with Crippen molar-refractivity contribution in [1.82, 2.24) is 0 Å². The minimum Gasteiger partial charge on any atom is -0.497 e. The summed E-state index contributed by atoms with van der Waals surface area (Å²) in [4.78, 5) is 12.6.